The fourth-order valence-corrected chi connectivity index (χ4v) is 2.95. The molecule has 120 valence electrons. The van der Waals surface area contributed by atoms with E-state index >= 15 is 0 Å². The number of halogens is 5. The van der Waals surface area contributed by atoms with Crippen molar-refractivity contribution >= 4 is 34.6 Å². The lowest BCUT2D eigenvalue weighted by Gasteiger charge is -2.27. The first-order chi connectivity index (χ1) is 11.5. The van der Waals surface area contributed by atoms with Crippen LogP contribution in [0.4, 0.5) is 33.3 Å². The Morgan fingerprint density at radius 2 is 1.08 bits per heavy atom. The lowest BCUT2D eigenvalue weighted by atomic mass is 9.65. The van der Waals surface area contributed by atoms with Crippen LogP contribution in [-0.2, 0) is 0 Å². The molecule has 8 heteroatoms. The van der Waals surface area contributed by atoms with Crippen molar-refractivity contribution in [3.05, 3.63) is 65.5 Å². The molecule has 2 N–H and O–H groups in total. The molecule has 2 nitrogen and oxygen atoms in total. The summed E-state index contributed by atoms with van der Waals surface area (Å²) in [6, 6.07) is 10.5. The highest BCUT2D eigenvalue weighted by Gasteiger charge is 2.36. The Kier molecular flexibility index (Phi) is 3.16. The zero-order valence-electron chi connectivity index (χ0n) is 11.9. The van der Waals surface area contributed by atoms with Crippen LogP contribution in [0, 0.1) is 29.1 Å². The molecule has 0 radical (unpaired) electrons. The molecule has 0 saturated carbocycles. The van der Waals surface area contributed by atoms with Gasteiger partial charge in [0.1, 0.15) is 0 Å². The van der Waals surface area contributed by atoms with Crippen molar-refractivity contribution in [2.45, 2.75) is 0 Å². The Bertz CT molecular complexity index is 922. The molecule has 0 bridgehead atoms. The average Bonchev–Trinajstić information content (AvgIpc) is 2.59. The molecule has 4 rings (SSSR count). The molecule has 1 heterocycles. The highest BCUT2D eigenvalue weighted by atomic mass is 19.2. The maximum absolute atomic E-state index is 14.1. The van der Waals surface area contributed by atoms with Crippen LogP contribution in [0.3, 0.4) is 0 Å². The third kappa shape index (κ3) is 1.95. The van der Waals surface area contributed by atoms with Crippen molar-refractivity contribution in [2.24, 2.45) is 0 Å². The van der Waals surface area contributed by atoms with Crippen LogP contribution >= 0.6 is 0 Å². The maximum Gasteiger partial charge on any atom is 0.412 e. The molecule has 1 aliphatic heterocycles. The van der Waals surface area contributed by atoms with Gasteiger partial charge in [0.2, 0.25) is 0 Å². The summed E-state index contributed by atoms with van der Waals surface area (Å²) >= 11 is 0. The predicted octanol–water partition coefficient (Wildman–Crippen LogP) is 3.77. The van der Waals surface area contributed by atoms with E-state index in [0.717, 1.165) is 10.8 Å². The van der Waals surface area contributed by atoms with Gasteiger partial charge in [-0.25, -0.2) is 22.0 Å². The Balaban J connectivity index is 1.90. The second-order valence-corrected chi connectivity index (χ2v) is 5.41. The topological polar surface area (TPSA) is 24.1 Å². The van der Waals surface area contributed by atoms with Crippen LogP contribution in [0.15, 0.2) is 36.4 Å². The second kappa shape index (κ2) is 5.12. The number of anilines is 2. The van der Waals surface area contributed by atoms with Crippen molar-refractivity contribution in [3.8, 4) is 0 Å². The Hall–Kier alpha value is -2.77. The summed E-state index contributed by atoms with van der Waals surface area (Å²) < 4.78 is 68.3. The maximum atomic E-state index is 14.1. The summed E-state index contributed by atoms with van der Waals surface area (Å²) in [6.07, 6.45) is 0. The molecule has 3 aromatic rings. The minimum Gasteiger partial charge on any atom is -0.405 e. The van der Waals surface area contributed by atoms with Crippen molar-refractivity contribution in [3.63, 3.8) is 0 Å². The first-order valence-electron chi connectivity index (χ1n) is 7.05. The van der Waals surface area contributed by atoms with E-state index in [9.17, 15) is 22.0 Å². The minimum atomic E-state index is -2.17. The van der Waals surface area contributed by atoms with E-state index in [1.54, 1.807) is 24.3 Å². The van der Waals surface area contributed by atoms with Gasteiger partial charge in [-0.15, -0.1) is 0 Å². The van der Waals surface area contributed by atoms with Gasteiger partial charge in [-0.1, -0.05) is 24.3 Å². The Morgan fingerprint density at radius 1 is 0.625 bits per heavy atom. The molecule has 0 aliphatic carbocycles. The second-order valence-electron chi connectivity index (χ2n) is 5.41. The van der Waals surface area contributed by atoms with Gasteiger partial charge in [0.15, 0.2) is 29.1 Å². The van der Waals surface area contributed by atoms with Crippen LogP contribution in [0.25, 0.3) is 10.8 Å². The van der Waals surface area contributed by atoms with Gasteiger partial charge in [0, 0.05) is 22.2 Å². The molecule has 0 spiro atoms. The molecule has 0 atom stereocenters. The number of nitrogens with one attached hydrogen (secondary N) is 2. The van der Waals surface area contributed by atoms with Crippen LogP contribution < -0.4 is 15.9 Å². The van der Waals surface area contributed by atoms with Crippen LogP contribution in [-0.4, -0.2) is 6.98 Å². The fourth-order valence-electron chi connectivity index (χ4n) is 2.95. The van der Waals surface area contributed by atoms with Crippen LogP contribution in [0.5, 0.6) is 0 Å². The third-order valence-electron chi connectivity index (χ3n) is 4.04. The number of benzene rings is 3. The highest BCUT2D eigenvalue weighted by molar-refractivity contribution is 6.80. The van der Waals surface area contributed by atoms with Gasteiger partial charge < -0.3 is 10.5 Å². The number of rotatable bonds is 1. The summed E-state index contributed by atoms with van der Waals surface area (Å²) in [5, 5.41) is 7.23. The minimum absolute atomic E-state index is 0.538. The summed E-state index contributed by atoms with van der Waals surface area (Å²) in [4.78, 5) is 0. The SMILES string of the molecule is Fc1c(F)c(F)c(B2Nc3cccc4cccc(c34)N2)c(F)c1F. The molecule has 0 unspecified atom stereocenters. The van der Waals surface area contributed by atoms with Gasteiger partial charge in [0.25, 0.3) is 0 Å². The largest absolute Gasteiger partial charge is 0.412 e. The van der Waals surface area contributed by atoms with Crippen molar-refractivity contribution in [2.75, 3.05) is 10.5 Å². The van der Waals surface area contributed by atoms with Gasteiger partial charge in [-0.3, -0.25) is 0 Å². The van der Waals surface area contributed by atoms with E-state index in [1.807, 2.05) is 12.1 Å². The van der Waals surface area contributed by atoms with Crippen LogP contribution in [0.1, 0.15) is 0 Å². The predicted molar refractivity (Wildman–Crippen MR) is 82.8 cm³/mol. The Labute approximate surface area is 133 Å². The summed E-state index contributed by atoms with van der Waals surface area (Å²) in [7, 11) is 0. The zero-order chi connectivity index (χ0) is 17.0. The quantitative estimate of drug-likeness (QED) is 0.306. The van der Waals surface area contributed by atoms with Crippen molar-refractivity contribution < 1.29 is 22.0 Å². The van der Waals surface area contributed by atoms with Gasteiger partial charge >= 0.3 is 6.98 Å². The Morgan fingerprint density at radius 3 is 1.58 bits per heavy atom. The van der Waals surface area contributed by atoms with Gasteiger partial charge in [-0.05, 0) is 17.5 Å². The summed E-state index contributed by atoms with van der Waals surface area (Å²) in [6.45, 7) is -1.30. The summed E-state index contributed by atoms with van der Waals surface area (Å²) in [5.74, 6) is -9.83. The van der Waals surface area contributed by atoms with E-state index in [0.29, 0.717) is 11.4 Å². The number of hydrogen-bond acceptors (Lipinski definition) is 2. The molecule has 0 fully saturated rings. The van der Waals surface area contributed by atoms with Crippen molar-refractivity contribution in [1.82, 2.24) is 0 Å². The molecule has 1 aliphatic rings. The third-order valence-corrected chi connectivity index (χ3v) is 4.04. The molecular weight excluding hydrogens is 326 g/mol. The number of hydrogen-bond donors (Lipinski definition) is 2. The molecule has 0 saturated heterocycles. The first kappa shape index (κ1) is 14.8. The van der Waals surface area contributed by atoms with Crippen LogP contribution in [0.2, 0.25) is 0 Å². The lowest BCUT2D eigenvalue weighted by Crippen LogP contribution is -2.51. The highest BCUT2D eigenvalue weighted by Crippen LogP contribution is 2.34. The molecule has 0 amide bonds. The van der Waals surface area contributed by atoms with E-state index in [-0.39, 0.29) is 0 Å². The van der Waals surface area contributed by atoms with E-state index in [2.05, 4.69) is 10.5 Å². The van der Waals surface area contributed by atoms with E-state index in [1.165, 1.54) is 0 Å². The lowest BCUT2D eigenvalue weighted by molar-refractivity contribution is 0.384. The van der Waals surface area contributed by atoms with E-state index < -0.39 is 41.5 Å². The van der Waals surface area contributed by atoms with E-state index in [4.69, 9.17) is 0 Å². The fraction of sp³-hybridized carbons (Fsp3) is 0. The van der Waals surface area contributed by atoms with Gasteiger partial charge in [0.05, 0.1) is 0 Å². The first-order valence-corrected chi connectivity index (χ1v) is 7.05. The standard InChI is InChI=1S/C16H8BF5N2/c18-12-11(13(19)15(21)16(22)14(12)20)17-23-8-5-1-3-7-4-2-6-9(24-17)10(7)8/h1-6,23-24H. The molecule has 0 aromatic heterocycles. The van der Waals surface area contributed by atoms with Gasteiger partial charge in [-0.2, -0.15) is 0 Å². The molecular formula is C16H8BF5N2. The normalized spacial score (nSPS) is 13.0. The monoisotopic (exact) mass is 334 g/mol. The zero-order valence-corrected chi connectivity index (χ0v) is 11.9. The average molecular weight is 334 g/mol. The molecule has 24 heavy (non-hydrogen) atoms. The van der Waals surface area contributed by atoms with Crippen molar-refractivity contribution in [1.29, 1.82) is 0 Å². The summed E-state index contributed by atoms with van der Waals surface area (Å²) in [5.41, 5.74) is 0.129. The smallest absolute Gasteiger partial charge is 0.405 e. The molecule has 3 aromatic carbocycles.